The Hall–Kier alpha value is -3.15. The molecular weight excluding hydrogens is 276 g/mol. The van der Waals surface area contributed by atoms with E-state index in [1.54, 1.807) is 0 Å². The number of phenols is 4. The Morgan fingerprint density at radius 3 is 2.10 bits per heavy atom. The first-order chi connectivity index (χ1) is 9.95. The molecule has 0 atom stereocenters. The number of ether oxygens (including phenoxy) is 1. The van der Waals surface area contributed by atoms with Crippen LogP contribution in [0.3, 0.4) is 0 Å². The third-order valence-corrected chi connectivity index (χ3v) is 2.58. The molecule has 0 aliphatic heterocycles. The summed E-state index contributed by atoms with van der Waals surface area (Å²) in [4.78, 5) is 11.6. The van der Waals surface area contributed by atoms with Gasteiger partial charge in [0.2, 0.25) is 0 Å². The molecule has 0 saturated carbocycles. The lowest BCUT2D eigenvalue weighted by atomic mass is 10.2. The third kappa shape index (κ3) is 3.66. The number of rotatable bonds is 3. The van der Waals surface area contributed by atoms with Crippen molar-refractivity contribution in [3.63, 3.8) is 0 Å². The fraction of sp³-hybridized carbons (Fsp3) is 0. The normalized spacial score (nSPS) is 10.7. The van der Waals surface area contributed by atoms with Crippen LogP contribution in [0.1, 0.15) is 5.56 Å². The summed E-state index contributed by atoms with van der Waals surface area (Å²) in [6, 6.07) is 7.70. The lowest BCUT2D eigenvalue weighted by molar-refractivity contribution is -0.128. The molecule has 0 aromatic heterocycles. The number of esters is 1. The molecule has 0 saturated heterocycles. The highest BCUT2D eigenvalue weighted by Crippen LogP contribution is 2.29. The van der Waals surface area contributed by atoms with Crippen molar-refractivity contribution in [1.29, 1.82) is 0 Å². The van der Waals surface area contributed by atoms with Crippen molar-refractivity contribution in [3.8, 4) is 28.7 Å². The van der Waals surface area contributed by atoms with E-state index in [2.05, 4.69) is 0 Å². The predicted octanol–water partition coefficient (Wildman–Crippen LogP) is 2.13. The first-order valence-corrected chi connectivity index (χ1v) is 5.89. The van der Waals surface area contributed by atoms with Gasteiger partial charge in [-0.3, -0.25) is 0 Å². The number of hydrogen-bond donors (Lipinski definition) is 4. The van der Waals surface area contributed by atoms with Crippen LogP contribution in [0.2, 0.25) is 0 Å². The van der Waals surface area contributed by atoms with Crippen LogP contribution in [0, 0.1) is 0 Å². The van der Waals surface area contributed by atoms with Crippen LogP contribution in [0.25, 0.3) is 6.08 Å². The molecule has 0 radical (unpaired) electrons. The molecule has 6 nitrogen and oxygen atoms in total. The minimum Gasteiger partial charge on any atom is -0.504 e. The van der Waals surface area contributed by atoms with Crippen LogP contribution >= 0.6 is 0 Å². The van der Waals surface area contributed by atoms with E-state index in [0.29, 0.717) is 5.56 Å². The van der Waals surface area contributed by atoms with Crippen molar-refractivity contribution in [2.24, 2.45) is 0 Å². The number of aromatic hydroxyl groups is 4. The van der Waals surface area contributed by atoms with Crippen molar-refractivity contribution in [2.45, 2.75) is 0 Å². The molecule has 0 spiro atoms. The van der Waals surface area contributed by atoms with E-state index in [4.69, 9.17) is 14.9 Å². The highest BCUT2D eigenvalue weighted by Gasteiger charge is 2.05. The number of phenolic OH excluding ortho intramolecular Hbond substituents is 4. The minimum absolute atomic E-state index is 0.0773. The van der Waals surface area contributed by atoms with Crippen LogP contribution in [0.15, 0.2) is 42.5 Å². The summed E-state index contributed by atoms with van der Waals surface area (Å²) in [5.74, 6) is -1.89. The first-order valence-electron chi connectivity index (χ1n) is 5.89. The Bertz CT molecular complexity index is 705. The van der Waals surface area contributed by atoms with Crippen molar-refractivity contribution in [1.82, 2.24) is 0 Å². The second kappa shape index (κ2) is 5.87. The van der Waals surface area contributed by atoms with E-state index >= 15 is 0 Å². The van der Waals surface area contributed by atoms with Gasteiger partial charge < -0.3 is 25.2 Å². The molecule has 0 bridgehead atoms. The molecule has 2 aromatic rings. The van der Waals surface area contributed by atoms with Gasteiger partial charge in [0.25, 0.3) is 0 Å². The predicted molar refractivity (Wildman–Crippen MR) is 74.2 cm³/mol. The summed E-state index contributed by atoms with van der Waals surface area (Å²) in [5.41, 5.74) is 0.496. The number of hydrogen-bond acceptors (Lipinski definition) is 6. The van der Waals surface area contributed by atoms with Crippen LogP contribution in [-0.2, 0) is 4.79 Å². The molecule has 21 heavy (non-hydrogen) atoms. The van der Waals surface area contributed by atoms with E-state index in [1.807, 2.05) is 0 Å². The molecule has 2 aromatic carbocycles. The summed E-state index contributed by atoms with van der Waals surface area (Å²) in [7, 11) is 0. The first kappa shape index (κ1) is 14.3. The van der Waals surface area contributed by atoms with Gasteiger partial charge in [0.15, 0.2) is 23.0 Å². The van der Waals surface area contributed by atoms with Gasteiger partial charge in [-0.15, -0.1) is 0 Å². The zero-order valence-corrected chi connectivity index (χ0v) is 10.7. The number of benzene rings is 2. The molecule has 2 rings (SSSR count). The standard InChI is InChI=1S/C15H12O6/c16-11-4-1-9(7-13(11)18)2-6-15(20)21-10-3-5-12(17)14(19)8-10/h1-8,16-19H/b6-2+. The molecule has 0 amide bonds. The Kier molecular flexibility index (Phi) is 3.99. The molecule has 0 aliphatic rings. The highest BCUT2D eigenvalue weighted by atomic mass is 16.5. The van der Waals surface area contributed by atoms with Gasteiger partial charge in [0, 0.05) is 12.1 Å². The summed E-state index contributed by atoms with van der Waals surface area (Å²) >= 11 is 0. The van der Waals surface area contributed by atoms with Gasteiger partial charge in [-0.05, 0) is 35.9 Å². The van der Waals surface area contributed by atoms with E-state index in [0.717, 1.165) is 12.1 Å². The van der Waals surface area contributed by atoms with Crippen molar-refractivity contribution in [3.05, 3.63) is 48.0 Å². The SMILES string of the molecule is O=C(/C=C/c1ccc(O)c(O)c1)Oc1ccc(O)c(O)c1. The third-order valence-electron chi connectivity index (χ3n) is 2.58. The van der Waals surface area contributed by atoms with E-state index in [-0.39, 0.29) is 23.0 Å². The lowest BCUT2D eigenvalue weighted by Crippen LogP contribution is -2.03. The summed E-state index contributed by atoms with van der Waals surface area (Å²) in [5, 5.41) is 36.9. The molecule has 0 fully saturated rings. The minimum atomic E-state index is -0.701. The topological polar surface area (TPSA) is 107 Å². The van der Waals surface area contributed by atoms with Gasteiger partial charge in [-0.25, -0.2) is 4.79 Å². The number of carbonyl (C=O) groups is 1. The van der Waals surface area contributed by atoms with Crippen molar-refractivity contribution in [2.75, 3.05) is 0 Å². The molecule has 0 heterocycles. The highest BCUT2D eigenvalue weighted by molar-refractivity contribution is 5.88. The molecule has 108 valence electrons. The monoisotopic (exact) mass is 288 g/mol. The average Bonchev–Trinajstić information content (AvgIpc) is 2.44. The second-order valence-corrected chi connectivity index (χ2v) is 4.15. The maximum absolute atomic E-state index is 11.6. The van der Waals surface area contributed by atoms with Gasteiger partial charge >= 0.3 is 5.97 Å². The van der Waals surface area contributed by atoms with Crippen molar-refractivity contribution < 1.29 is 30.0 Å². The van der Waals surface area contributed by atoms with Gasteiger partial charge in [-0.1, -0.05) is 6.07 Å². The Balaban J connectivity index is 2.05. The van der Waals surface area contributed by atoms with E-state index in [9.17, 15) is 15.0 Å². The van der Waals surface area contributed by atoms with Crippen LogP contribution in [0.5, 0.6) is 28.7 Å². The Morgan fingerprint density at radius 2 is 1.48 bits per heavy atom. The van der Waals surface area contributed by atoms with Crippen molar-refractivity contribution >= 4 is 12.0 Å². The average molecular weight is 288 g/mol. The van der Waals surface area contributed by atoms with Gasteiger partial charge in [0.1, 0.15) is 5.75 Å². The Morgan fingerprint density at radius 1 is 0.857 bits per heavy atom. The van der Waals surface area contributed by atoms with E-state index in [1.165, 1.54) is 36.4 Å². The zero-order chi connectivity index (χ0) is 15.4. The molecule has 0 unspecified atom stereocenters. The maximum Gasteiger partial charge on any atom is 0.336 e. The quantitative estimate of drug-likeness (QED) is 0.298. The second-order valence-electron chi connectivity index (χ2n) is 4.15. The zero-order valence-electron chi connectivity index (χ0n) is 10.7. The molecule has 6 heteroatoms. The number of carbonyl (C=O) groups excluding carboxylic acids is 1. The fourth-order valence-corrected chi connectivity index (χ4v) is 1.53. The van der Waals surface area contributed by atoms with Gasteiger partial charge in [-0.2, -0.15) is 0 Å². The largest absolute Gasteiger partial charge is 0.504 e. The van der Waals surface area contributed by atoms with Crippen LogP contribution in [-0.4, -0.2) is 26.4 Å². The fourth-order valence-electron chi connectivity index (χ4n) is 1.53. The lowest BCUT2D eigenvalue weighted by Gasteiger charge is -2.03. The Labute approximate surface area is 119 Å². The van der Waals surface area contributed by atoms with Crippen LogP contribution in [0.4, 0.5) is 0 Å². The summed E-state index contributed by atoms with van der Waals surface area (Å²) in [6.07, 6.45) is 2.51. The maximum atomic E-state index is 11.6. The van der Waals surface area contributed by atoms with E-state index < -0.39 is 11.7 Å². The van der Waals surface area contributed by atoms with Crippen LogP contribution < -0.4 is 4.74 Å². The summed E-state index contributed by atoms with van der Waals surface area (Å²) in [6.45, 7) is 0. The summed E-state index contributed by atoms with van der Waals surface area (Å²) < 4.78 is 4.92. The molecule has 0 aliphatic carbocycles. The molecule has 4 N–H and O–H groups in total. The smallest absolute Gasteiger partial charge is 0.336 e. The van der Waals surface area contributed by atoms with Gasteiger partial charge in [0.05, 0.1) is 0 Å². The molecular formula is C15H12O6.